The summed E-state index contributed by atoms with van der Waals surface area (Å²) in [6, 6.07) is 7.89. The number of amides is 1. The smallest absolute Gasteiger partial charge is 0.232 e. The first-order valence-corrected chi connectivity index (χ1v) is 8.23. The molecule has 0 fully saturated rings. The zero-order valence-corrected chi connectivity index (χ0v) is 12.1. The third-order valence-corrected chi connectivity index (χ3v) is 4.88. The Morgan fingerprint density at radius 1 is 1.33 bits per heavy atom. The molecular weight excluding hydrogens is 264 g/mol. The summed E-state index contributed by atoms with van der Waals surface area (Å²) in [5.74, 6) is 0.0520. The Labute approximate surface area is 116 Å². The molecule has 0 aliphatic carbocycles. The number of hydrogen-bond donors (Lipinski definition) is 1. The fourth-order valence-corrected chi connectivity index (χ4v) is 3.17. The first-order chi connectivity index (χ1) is 8.76. The van der Waals surface area contributed by atoms with E-state index in [1.807, 2.05) is 36.8 Å². The molecule has 1 aliphatic rings. The zero-order valence-electron chi connectivity index (χ0n) is 10.5. The molecule has 1 unspecified atom stereocenters. The minimum absolute atomic E-state index is 0.0464. The fourth-order valence-electron chi connectivity index (χ4n) is 2.06. The summed E-state index contributed by atoms with van der Waals surface area (Å²) in [5.41, 5.74) is 2.05. The highest BCUT2D eigenvalue weighted by Gasteiger charge is 2.29. The number of nitrogens with zero attached hydrogens (tertiary/aromatic N) is 1. The van der Waals surface area contributed by atoms with Crippen molar-refractivity contribution >= 4 is 39.5 Å². The van der Waals surface area contributed by atoms with Crippen LogP contribution in [-0.4, -0.2) is 29.3 Å². The van der Waals surface area contributed by atoms with Gasteiger partial charge in [0.15, 0.2) is 0 Å². The molecule has 1 atom stereocenters. The molecule has 1 aliphatic heterocycles. The van der Waals surface area contributed by atoms with Crippen LogP contribution in [0.3, 0.4) is 0 Å². The monoisotopic (exact) mass is 280 g/mol. The number of carbonyl (C=O) groups is 1. The van der Waals surface area contributed by atoms with Gasteiger partial charge in [0.2, 0.25) is 5.91 Å². The number of para-hydroxylation sites is 1. The van der Waals surface area contributed by atoms with Crippen molar-refractivity contribution in [2.75, 3.05) is 24.4 Å². The van der Waals surface area contributed by atoms with E-state index in [1.165, 1.54) is 0 Å². The van der Waals surface area contributed by atoms with Crippen molar-refractivity contribution in [2.45, 2.75) is 12.3 Å². The van der Waals surface area contributed by atoms with Crippen LogP contribution in [0.2, 0.25) is 0 Å². The highest BCUT2D eigenvalue weighted by Crippen LogP contribution is 2.34. The van der Waals surface area contributed by atoms with Crippen molar-refractivity contribution in [1.29, 1.82) is 0 Å². The molecule has 1 heterocycles. The lowest BCUT2D eigenvalue weighted by atomic mass is 9.97. The minimum Gasteiger partial charge on any atom is -0.325 e. The van der Waals surface area contributed by atoms with Gasteiger partial charge in [-0.05, 0) is 30.6 Å². The van der Waals surface area contributed by atoms with Crippen LogP contribution in [0.15, 0.2) is 29.3 Å². The van der Waals surface area contributed by atoms with E-state index in [0.717, 1.165) is 22.0 Å². The summed E-state index contributed by atoms with van der Waals surface area (Å²) in [7, 11) is 0. The third-order valence-electron chi connectivity index (χ3n) is 2.92. The number of anilines is 1. The van der Waals surface area contributed by atoms with Gasteiger partial charge in [-0.2, -0.15) is 0 Å². The van der Waals surface area contributed by atoms with Gasteiger partial charge in [-0.15, -0.1) is 23.5 Å². The molecular formula is C13H16N2OS2. The molecule has 1 N–H and O–H groups in total. The average molecular weight is 280 g/mol. The largest absolute Gasteiger partial charge is 0.325 e. The molecule has 0 saturated heterocycles. The van der Waals surface area contributed by atoms with Crippen molar-refractivity contribution < 1.29 is 4.79 Å². The summed E-state index contributed by atoms with van der Waals surface area (Å²) in [5, 5.41) is 2.92. The molecule has 3 nitrogen and oxygen atoms in total. The molecule has 18 heavy (non-hydrogen) atoms. The first kappa shape index (κ1) is 13.5. The number of fused-ring (bicyclic) bond motifs is 1. The van der Waals surface area contributed by atoms with Crippen molar-refractivity contribution in [3.63, 3.8) is 0 Å². The Morgan fingerprint density at radius 3 is 2.78 bits per heavy atom. The van der Waals surface area contributed by atoms with Gasteiger partial charge in [-0.25, -0.2) is 0 Å². The Hall–Kier alpha value is -0.940. The van der Waals surface area contributed by atoms with E-state index in [4.69, 9.17) is 0 Å². The van der Waals surface area contributed by atoms with Gasteiger partial charge in [0.25, 0.3) is 0 Å². The third kappa shape index (κ3) is 2.90. The van der Waals surface area contributed by atoms with Crippen molar-refractivity contribution in [2.24, 2.45) is 4.99 Å². The minimum atomic E-state index is -0.0464. The molecule has 2 rings (SSSR count). The molecule has 1 aromatic carbocycles. The second-order valence-electron chi connectivity index (χ2n) is 3.97. The lowest BCUT2D eigenvalue weighted by Crippen LogP contribution is -2.13. The van der Waals surface area contributed by atoms with Gasteiger partial charge < -0.3 is 5.32 Å². The lowest BCUT2D eigenvalue weighted by molar-refractivity contribution is -0.117. The number of rotatable bonds is 3. The predicted molar refractivity (Wildman–Crippen MR) is 81.8 cm³/mol. The van der Waals surface area contributed by atoms with Gasteiger partial charge in [0.05, 0.1) is 5.92 Å². The summed E-state index contributed by atoms with van der Waals surface area (Å²) >= 11 is 3.30. The van der Waals surface area contributed by atoms with E-state index in [-0.39, 0.29) is 11.8 Å². The Bertz CT molecular complexity index is 468. The van der Waals surface area contributed by atoms with Crippen LogP contribution in [-0.2, 0) is 4.79 Å². The number of benzene rings is 1. The van der Waals surface area contributed by atoms with Crippen molar-refractivity contribution in [3.8, 4) is 0 Å². The maximum absolute atomic E-state index is 11.9. The highest BCUT2D eigenvalue weighted by atomic mass is 32.2. The van der Waals surface area contributed by atoms with Crippen LogP contribution < -0.4 is 5.32 Å². The Morgan fingerprint density at radius 2 is 2.06 bits per heavy atom. The van der Waals surface area contributed by atoms with Crippen molar-refractivity contribution in [3.05, 3.63) is 29.8 Å². The normalized spacial score (nSPS) is 17.2. The molecule has 0 radical (unpaired) electrons. The Kier molecular flexibility index (Phi) is 4.72. The predicted octanol–water partition coefficient (Wildman–Crippen LogP) is 3.19. The molecule has 0 saturated carbocycles. The van der Waals surface area contributed by atoms with Gasteiger partial charge in [0, 0.05) is 12.2 Å². The number of thioether (sulfide) groups is 2. The van der Waals surface area contributed by atoms with Crippen LogP contribution >= 0.6 is 23.5 Å². The van der Waals surface area contributed by atoms with E-state index in [9.17, 15) is 4.79 Å². The number of carbonyl (C=O) groups excluding carboxylic acids is 1. The second kappa shape index (κ2) is 6.29. The molecule has 5 heteroatoms. The summed E-state index contributed by atoms with van der Waals surface area (Å²) < 4.78 is 1.07. The maximum atomic E-state index is 11.9. The first-order valence-electron chi connectivity index (χ1n) is 5.78. The molecule has 0 spiro atoms. The van der Waals surface area contributed by atoms with Crippen molar-refractivity contribution in [1.82, 2.24) is 0 Å². The SMILES string of the molecule is CSC(=NCCC1C(=O)Nc2ccccc21)SC. The van der Waals surface area contributed by atoms with E-state index < -0.39 is 0 Å². The fraction of sp³-hybridized carbons (Fsp3) is 0.385. The Balaban J connectivity index is 2.02. The van der Waals surface area contributed by atoms with Gasteiger partial charge in [0.1, 0.15) is 4.38 Å². The molecule has 1 aromatic rings. The number of nitrogens with one attached hydrogen (secondary N) is 1. The van der Waals surface area contributed by atoms with Crippen LogP contribution in [0.5, 0.6) is 0 Å². The second-order valence-corrected chi connectivity index (χ2v) is 5.82. The molecule has 1 amide bonds. The lowest BCUT2D eigenvalue weighted by Gasteiger charge is -2.06. The van der Waals surface area contributed by atoms with E-state index in [2.05, 4.69) is 10.3 Å². The molecule has 0 aromatic heterocycles. The number of hydrogen-bond acceptors (Lipinski definition) is 4. The molecule has 96 valence electrons. The van der Waals surface area contributed by atoms with Crippen LogP contribution in [0, 0.1) is 0 Å². The van der Waals surface area contributed by atoms with Gasteiger partial charge in [-0.1, -0.05) is 18.2 Å². The summed E-state index contributed by atoms with van der Waals surface area (Å²) in [4.78, 5) is 16.4. The van der Waals surface area contributed by atoms with E-state index in [0.29, 0.717) is 6.54 Å². The standard InChI is InChI=1S/C13H16N2OS2/c1-17-13(18-2)14-8-7-10-9-5-3-4-6-11(9)15-12(10)16/h3-6,10H,7-8H2,1-2H3,(H,15,16). The highest BCUT2D eigenvalue weighted by molar-refractivity contribution is 8.38. The number of aliphatic imine (C=N–C) groups is 1. The van der Waals surface area contributed by atoms with Crippen LogP contribution in [0.1, 0.15) is 17.9 Å². The maximum Gasteiger partial charge on any atom is 0.232 e. The topological polar surface area (TPSA) is 41.5 Å². The van der Waals surface area contributed by atoms with Crippen LogP contribution in [0.4, 0.5) is 5.69 Å². The van der Waals surface area contributed by atoms with E-state index >= 15 is 0 Å². The zero-order chi connectivity index (χ0) is 13.0. The summed E-state index contributed by atoms with van der Waals surface area (Å²) in [6.07, 6.45) is 4.81. The summed E-state index contributed by atoms with van der Waals surface area (Å²) in [6.45, 7) is 0.698. The average Bonchev–Trinajstić information content (AvgIpc) is 2.71. The van der Waals surface area contributed by atoms with Gasteiger partial charge in [-0.3, -0.25) is 9.79 Å². The molecule has 0 bridgehead atoms. The van der Waals surface area contributed by atoms with E-state index in [1.54, 1.807) is 23.5 Å². The van der Waals surface area contributed by atoms with Gasteiger partial charge >= 0.3 is 0 Å². The van der Waals surface area contributed by atoms with Crippen LogP contribution in [0.25, 0.3) is 0 Å². The quantitative estimate of drug-likeness (QED) is 0.683.